The predicted octanol–water partition coefficient (Wildman–Crippen LogP) is 3.34. The number of rotatable bonds is 3. The van der Waals surface area contributed by atoms with Gasteiger partial charge < -0.3 is 4.74 Å². The number of benzene rings is 1. The van der Waals surface area contributed by atoms with Gasteiger partial charge in [0.25, 0.3) is 0 Å². The van der Waals surface area contributed by atoms with Crippen LogP contribution in [0, 0.1) is 12.7 Å². The molecule has 2 aromatic rings. The summed E-state index contributed by atoms with van der Waals surface area (Å²) in [4.78, 5) is 8.44. The second-order valence-corrected chi connectivity index (χ2v) is 4.06. The predicted molar refractivity (Wildman–Crippen MR) is 68.3 cm³/mol. The number of aromatic nitrogens is 2. The van der Waals surface area contributed by atoms with Gasteiger partial charge in [-0.1, -0.05) is 0 Å². The molecule has 1 aromatic carbocycles. The van der Waals surface area contributed by atoms with E-state index in [1.54, 1.807) is 18.2 Å². The van der Waals surface area contributed by atoms with E-state index in [1.165, 1.54) is 13.2 Å². The molecule has 1 heterocycles. The minimum absolute atomic E-state index is 0.210. The number of hydrogen-bond donors (Lipinski definition) is 0. The van der Waals surface area contributed by atoms with E-state index in [2.05, 4.69) is 9.97 Å². The van der Waals surface area contributed by atoms with Crippen LogP contribution in [0.25, 0.3) is 11.3 Å². The zero-order valence-corrected chi connectivity index (χ0v) is 10.8. The zero-order chi connectivity index (χ0) is 13.1. The number of halogens is 2. The highest BCUT2D eigenvalue weighted by Crippen LogP contribution is 2.24. The summed E-state index contributed by atoms with van der Waals surface area (Å²) in [5, 5.41) is 0. The topological polar surface area (TPSA) is 35.0 Å². The standard InChI is InChI=1S/C13H12ClFN2O/c1-8-5-11(17-13(7-14)16-8)9-3-4-12(18-2)10(15)6-9/h3-6H,7H2,1-2H3. The van der Waals surface area contributed by atoms with Gasteiger partial charge in [-0.15, -0.1) is 11.6 Å². The molecule has 5 heteroatoms. The number of aryl methyl sites for hydroxylation is 1. The minimum Gasteiger partial charge on any atom is -0.494 e. The molecule has 1 aromatic heterocycles. The third-order valence-corrected chi connectivity index (χ3v) is 2.71. The van der Waals surface area contributed by atoms with E-state index in [9.17, 15) is 4.39 Å². The van der Waals surface area contributed by atoms with Gasteiger partial charge in [0.1, 0.15) is 5.82 Å². The zero-order valence-electron chi connectivity index (χ0n) is 10.1. The SMILES string of the molecule is COc1ccc(-c2cc(C)nc(CCl)n2)cc1F. The third-order valence-electron chi connectivity index (χ3n) is 2.47. The molecule has 0 N–H and O–H groups in total. The molecule has 0 saturated carbocycles. The van der Waals surface area contributed by atoms with E-state index in [1.807, 2.05) is 6.92 Å². The summed E-state index contributed by atoms with van der Waals surface area (Å²) in [7, 11) is 1.43. The van der Waals surface area contributed by atoms with Crippen LogP contribution in [0.2, 0.25) is 0 Å². The fourth-order valence-corrected chi connectivity index (χ4v) is 1.78. The van der Waals surface area contributed by atoms with E-state index >= 15 is 0 Å². The molecular formula is C13H12ClFN2O. The largest absolute Gasteiger partial charge is 0.494 e. The first-order valence-electron chi connectivity index (χ1n) is 5.38. The van der Waals surface area contributed by atoms with Gasteiger partial charge in [0.05, 0.1) is 18.7 Å². The molecule has 0 radical (unpaired) electrons. The summed E-state index contributed by atoms with van der Waals surface area (Å²) in [5.41, 5.74) is 2.12. The lowest BCUT2D eigenvalue weighted by molar-refractivity contribution is 0.386. The first-order chi connectivity index (χ1) is 8.63. The highest BCUT2D eigenvalue weighted by atomic mass is 35.5. The molecule has 94 valence electrons. The summed E-state index contributed by atoms with van der Waals surface area (Å²) in [6.45, 7) is 1.85. The molecule has 0 saturated heterocycles. The Balaban J connectivity index is 2.48. The molecule has 0 spiro atoms. The second kappa shape index (κ2) is 5.31. The fraction of sp³-hybridized carbons (Fsp3) is 0.231. The van der Waals surface area contributed by atoms with Gasteiger partial charge in [-0.25, -0.2) is 14.4 Å². The molecule has 2 rings (SSSR count). The van der Waals surface area contributed by atoms with Crippen LogP contribution in [-0.2, 0) is 5.88 Å². The van der Waals surface area contributed by atoms with Crippen LogP contribution in [0.1, 0.15) is 11.5 Å². The molecule has 0 unspecified atom stereocenters. The Morgan fingerprint density at radius 2 is 2.06 bits per heavy atom. The first kappa shape index (κ1) is 12.8. The Hall–Kier alpha value is -1.68. The van der Waals surface area contributed by atoms with Crippen molar-refractivity contribution >= 4 is 11.6 Å². The Labute approximate surface area is 110 Å². The number of methoxy groups -OCH3 is 1. The lowest BCUT2D eigenvalue weighted by Gasteiger charge is -2.06. The van der Waals surface area contributed by atoms with E-state index in [-0.39, 0.29) is 11.6 Å². The van der Waals surface area contributed by atoms with Crippen molar-refractivity contribution in [1.82, 2.24) is 9.97 Å². The lowest BCUT2D eigenvalue weighted by Crippen LogP contribution is -1.97. The van der Waals surface area contributed by atoms with Crippen LogP contribution >= 0.6 is 11.6 Å². The van der Waals surface area contributed by atoms with Gasteiger partial charge in [-0.2, -0.15) is 0 Å². The van der Waals surface area contributed by atoms with Gasteiger partial charge in [0, 0.05) is 11.3 Å². The molecule has 0 fully saturated rings. The van der Waals surface area contributed by atoms with Crippen LogP contribution in [0.15, 0.2) is 24.3 Å². The van der Waals surface area contributed by atoms with E-state index in [0.717, 1.165) is 5.69 Å². The van der Waals surface area contributed by atoms with Crippen molar-refractivity contribution in [2.75, 3.05) is 7.11 Å². The van der Waals surface area contributed by atoms with Crippen molar-refractivity contribution in [3.8, 4) is 17.0 Å². The average Bonchev–Trinajstić information content (AvgIpc) is 2.37. The molecule has 18 heavy (non-hydrogen) atoms. The molecular weight excluding hydrogens is 255 g/mol. The highest BCUT2D eigenvalue weighted by Gasteiger charge is 2.08. The lowest BCUT2D eigenvalue weighted by atomic mass is 10.1. The smallest absolute Gasteiger partial charge is 0.165 e. The molecule has 0 atom stereocenters. The van der Waals surface area contributed by atoms with E-state index in [0.29, 0.717) is 17.1 Å². The molecule has 0 aliphatic heterocycles. The Morgan fingerprint density at radius 3 is 2.67 bits per heavy atom. The van der Waals surface area contributed by atoms with Crippen LogP contribution < -0.4 is 4.74 Å². The van der Waals surface area contributed by atoms with Crippen molar-refractivity contribution in [2.24, 2.45) is 0 Å². The van der Waals surface area contributed by atoms with Crippen LogP contribution in [0.5, 0.6) is 5.75 Å². The maximum atomic E-state index is 13.6. The highest BCUT2D eigenvalue weighted by molar-refractivity contribution is 6.16. The minimum atomic E-state index is -0.418. The monoisotopic (exact) mass is 266 g/mol. The summed E-state index contributed by atoms with van der Waals surface area (Å²) in [5.74, 6) is 0.552. The van der Waals surface area contributed by atoms with Gasteiger partial charge in [-0.3, -0.25) is 0 Å². The molecule has 0 aliphatic carbocycles. The van der Waals surface area contributed by atoms with E-state index in [4.69, 9.17) is 16.3 Å². The van der Waals surface area contributed by atoms with Crippen LogP contribution in [-0.4, -0.2) is 17.1 Å². The summed E-state index contributed by atoms with van der Waals surface area (Å²) in [6, 6.07) is 6.50. The normalized spacial score (nSPS) is 10.4. The van der Waals surface area contributed by atoms with Crippen molar-refractivity contribution < 1.29 is 9.13 Å². The maximum absolute atomic E-state index is 13.6. The summed E-state index contributed by atoms with van der Waals surface area (Å²) in [6.07, 6.45) is 0. The summed E-state index contributed by atoms with van der Waals surface area (Å²) >= 11 is 5.72. The van der Waals surface area contributed by atoms with Gasteiger partial charge in [-0.05, 0) is 31.2 Å². The average molecular weight is 267 g/mol. The Bertz CT molecular complexity index is 575. The Kier molecular flexibility index (Phi) is 3.77. The van der Waals surface area contributed by atoms with Gasteiger partial charge >= 0.3 is 0 Å². The van der Waals surface area contributed by atoms with Crippen molar-refractivity contribution in [1.29, 1.82) is 0 Å². The quantitative estimate of drug-likeness (QED) is 0.799. The van der Waals surface area contributed by atoms with Crippen molar-refractivity contribution in [3.05, 3.63) is 41.6 Å². The number of nitrogens with zero attached hydrogens (tertiary/aromatic N) is 2. The molecule has 0 aliphatic rings. The van der Waals surface area contributed by atoms with Crippen LogP contribution in [0.4, 0.5) is 4.39 Å². The second-order valence-electron chi connectivity index (χ2n) is 3.79. The molecule has 3 nitrogen and oxygen atoms in total. The molecule has 0 amide bonds. The van der Waals surface area contributed by atoms with Crippen LogP contribution in [0.3, 0.4) is 0 Å². The van der Waals surface area contributed by atoms with Crippen molar-refractivity contribution in [2.45, 2.75) is 12.8 Å². The van der Waals surface area contributed by atoms with Crippen molar-refractivity contribution in [3.63, 3.8) is 0 Å². The van der Waals surface area contributed by atoms with Gasteiger partial charge in [0.2, 0.25) is 0 Å². The Morgan fingerprint density at radius 1 is 1.28 bits per heavy atom. The third kappa shape index (κ3) is 2.59. The first-order valence-corrected chi connectivity index (χ1v) is 5.92. The number of alkyl halides is 1. The molecule has 0 bridgehead atoms. The van der Waals surface area contributed by atoms with E-state index < -0.39 is 5.82 Å². The summed E-state index contributed by atoms with van der Waals surface area (Å²) < 4.78 is 18.5. The maximum Gasteiger partial charge on any atom is 0.165 e. The number of ether oxygens (including phenoxy) is 1. The van der Waals surface area contributed by atoms with Gasteiger partial charge in [0.15, 0.2) is 11.6 Å². The fourth-order valence-electron chi connectivity index (χ4n) is 1.66. The number of hydrogen-bond acceptors (Lipinski definition) is 3.